The van der Waals surface area contributed by atoms with E-state index in [1.165, 1.54) is 0 Å². The molecule has 27 heavy (non-hydrogen) atoms. The van der Waals surface area contributed by atoms with E-state index in [2.05, 4.69) is 27.4 Å². The van der Waals surface area contributed by atoms with E-state index in [0.29, 0.717) is 12.8 Å². The van der Waals surface area contributed by atoms with Gasteiger partial charge in [0.2, 0.25) is 0 Å². The van der Waals surface area contributed by atoms with Gasteiger partial charge in [-0.15, -0.1) is 18.2 Å². The number of hydrogen-bond donors (Lipinski definition) is 1. The SMILES string of the molecule is C=C[C@]1(C)C[C@@H](OC(=O)CCl)[C@]2(C)C(C)CC[C@]3(CCC(=O)[C@H]32)[C@@H](C)[C@@H]1O. The van der Waals surface area contributed by atoms with Crippen molar-refractivity contribution in [1.29, 1.82) is 0 Å². The van der Waals surface area contributed by atoms with Crippen molar-refractivity contribution in [3.63, 3.8) is 0 Å². The second-order valence-electron chi connectivity index (χ2n) is 9.70. The molecule has 3 aliphatic carbocycles. The first-order valence-electron chi connectivity index (χ1n) is 10.2. The predicted octanol–water partition coefficient (Wildman–Crippen LogP) is 4.13. The lowest BCUT2D eigenvalue weighted by Crippen LogP contribution is -2.63. The summed E-state index contributed by atoms with van der Waals surface area (Å²) in [5, 5.41) is 11.4. The smallest absolute Gasteiger partial charge is 0.321 e. The number of hydrogen-bond acceptors (Lipinski definition) is 4. The van der Waals surface area contributed by atoms with Gasteiger partial charge in [0.25, 0.3) is 0 Å². The van der Waals surface area contributed by atoms with Crippen LogP contribution in [0.1, 0.15) is 59.8 Å². The first kappa shape index (κ1) is 20.9. The summed E-state index contributed by atoms with van der Waals surface area (Å²) in [5.41, 5.74) is -1.31. The van der Waals surface area contributed by atoms with Crippen LogP contribution < -0.4 is 0 Å². The quantitative estimate of drug-likeness (QED) is 0.442. The minimum absolute atomic E-state index is 0.0200. The molecule has 1 N–H and O–H groups in total. The van der Waals surface area contributed by atoms with Crippen molar-refractivity contribution in [2.75, 3.05) is 5.88 Å². The van der Waals surface area contributed by atoms with Crippen LogP contribution in [0.25, 0.3) is 0 Å². The van der Waals surface area contributed by atoms with E-state index in [1.54, 1.807) is 6.08 Å². The molecule has 2 bridgehead atoms. The maximum absolute atomic E-state index is 13.1. The van der Waals surface area contributed by atoms with E-state index in [4.69, 9.17) is 16.3 Å². The van der Waals surface area contributed by atoms with Crippen molar-refractivity contribution in [3.05, 3.63) is 12.7 Å². The summed E-state index contributed by atoms with van der Waals surface area (Å²) in [6.07, 6.45) is 4.39. The molecular weight excluding hydrogens is 364 g/mol. The highest BCUT2D eigenvalue weighted by Crippen LogP contribution is 2.67. The molecule has 0 aromatic carbocycles. The number of ether oxygens (including phenoxy) is 1. The van der Waals surface area contributed by atoms with Crippen LogP contribution >= 0.6 is 11.6 Å². The van der Waals surface area contributed by atoms with Crippen molar-refractivity contribution in [1.82, 2.24) is 0 Å². The number of rotatable bonds is 3. The third-order valence-electron chi connectivity index (χ3n) is 8.68. The lowest BCUT2D eigenvalue weighted by Gasteiger charge is -2.61. The first-order valence-corrected chi connectivity index (χ1v) is 10.7. The summed E-state index contributed by atoms with van der Waals surface area (Å²) in [7, 11) is 0. The molecule has 1 unspecified atom stereocenters. The van der Waals surface area contributed by atoms with E-state index in [-0.39, 0.29) is 34.8 Å². The molecule has 3 saturated carbocycles. The molecule has 3 fully saturated rings. The molecule has 0 spiro atoms. The lowest BCUT2D eigenvalue weighted by atomic mass is 9.44. The first-order chi connectivity index (χ1) is 12.6. The van der Waals surface area contributed by atoms with Gasteiger partial charge in [0.05, 0.1) is 6.10 Å². The van der Waals surface area contributed by atoms with Crippen LogP contribution in [0.15, 0.2) is 12.7 Å². The van der Waals surface area contributed by atoms with Crippen LogP contribution in [-0.2, 0) is 14.3 Å². The van der Waals surface area contributed by atoms with Crippen LogP contribution in [-0.4, -0.2) is 34.9 Å². The topological polar surface area (TPSA) is 63.6 Å². The summed E-state index contributed by atoms with van der Waals surface area (Å²) in [6.45, 7) is 12.4. The average molecular weight is 397 g/mol. The van der Waals surface area contributed by atoms with Gasteiger partial charge in [-0.25, -0.2) is 0 Å². The Bertz CT molecular complexity index is 648. The molecule has 4 nitrogen and oxygen atoms in total. The number of carbonyl (C=O) groups excluding carboxylic acids is 2. The number of alkyl halides is 1. The van der Waals surface area contributed by atoms with Gasteiger partial charge in [0, 0.05) is 23.2 Å². The molecule has 0 aliphatic heterocycles. The highest BCUT2D eigenvalue weighted by atomic mass is 35.5. The predicted molar refractivity (Wildman–Crippen MR) is 105 cm³/mol. The van der Waals surface area contributed by atoms with Crippen LogP contribution in [0.5, 0.6) is 0 Å². The molecule has 8 atom stereocenters. The van der Waals surface area contributed by atoms with Crippen molar-refractivity contribution >= 4 is 23.4 Å². The van der Waals surface area contributed by atoms with Crippen molar-refractivity contribution in [3.8, 4) is 0 Å². The lowest BCUT2D eigenvalue weighted by molar-refractivity contribution is -0.205. The van der Waals surface area contributed by atoms with Gasteiger partial charge in [0.1, 0.15) is 17.8 Å². The molecule has 0 amide bonds. The van der Waals surface area contributed by atoms with Crippen LogP contribution in [0.3, 0.4) is 0 Å². The number of Topliss-reactive ketones (excluding diaryl/α,β-unsaturated/α-hetero) is 1. The maximum Gasteiger partial charge on any atom is 0.321 e. The molecule has 0 aromatic rings. The van der Waals surface area contributed by atoms with Gasteiger partial charge >= 0.3 is 5.97 Å². The van der Waals surface area contributed by atoms with Gasteiger partial charge in [-0.05, 0) is 42.9 Å². The number of aliphatic hydroxyl groups is 1. The van der Waals surface area contributed by atoms with Crippen LogP contribution in [0.2, 0.25) is 0 Å². The van der Waals surface area contributed by atoms with Gasteiger partial charge in [0.15, 0.2) is 0 Å². The Morgan fingerprint density at radius 1 is 1.37 bits per heavy atom. The highest BCUT2D eigenvalue weighted by molar-refractivity contribution is 6.26. The standard InChI is InChI=1S/C22H33ClO4/c1-6-20(4)11-16(27-17(25)12-23)21(5)13(2)7-9-22(14(3)19(20)26)10-8-15(24)18(21)22/h6,13-14,16,18-19,26H,1,7-12H2,2-5H3/t13?,14-,16+,18-,19-,20+,21-,22-/m0/s1. The van der Waals surface area contributed by atoms with Crippen molar-refractivity contribution in [2.24, 2.45) is 34.0 Å². The molecule has 0 heterocycles. The van der Waals surface area contributed by atoms with Gasteiger partial charge in [-0.3, -0.25) is 9.59 Å². The van der Waals surface area contributed by atoms with E-state index < -0.39 is 29.0 Å². The molecule has 152 valence electrons. The minimum atomic E-state index is -0.640. The van der Waals surface area contributed by atoms with Crippen molar-refractivity contribution < 1.29 is 19.4 Å². The molecule has 0 aromatic heterocycles. The van der Waals surface area contributed by atoms with Gasteiger partial charge in [-0.2, -0.15) is 0 Å². The average Bonchev–Trinajstić information content (AvgIpc) is 3.00. The Kier molecular flexibility index (Phi) is 5.31. The van der Waals surface area contributed by atoms with Gasteiger partial charge in [-0.1, -0.05) is 33.8 Å². The second kappa shape index (κ2) is 6.88. The van der Waals surface area contributed by atoms with E-state index >= 15 is 0 Å². The normalized spacial score (nSPS) is 49.7. The highest BCUT2D eigenvalue weighted by Gasteiger charge is 2.68. The van der Waals surface area contributed by atoms with E-state index in [1.807, 2.05) is 6.92 Å². The largest absolute Gasteiger partial charge is 0.461 e. The van der Waals surface area contributed by atoms with E-state index in [9.17, 15) is 14.7 Å². The Morgan fingerprint density at radius 2 is 2.04 bits per heavy atom. The Morgan fingerprint density at radius 3 is 2.63 bits per heavy atom. The zero-order chi connectivity index (χ0) is 20.2. The summed E-state index contributed by atoms with van der Waals surface area (Å²) in [4.78, 5) is 25.3. The zero-order valence-corrected chi connectivity index (χ0v) is 17.7. The number of carbonyl (C=O) groups is 2. The monoisotopic (exact) mass is 396 g/mol. The summed E-state index contributed by atoms with van der Waals surface area (Å²) < 4.78 is 5.89. The van der Waals surface area contributed by atoms with Crippen molar-refractivity contribution in [2.45, 2.75) is 72.0 Å². The third kappa shape index (κ3) is 2.81. The minimum Gasteiger partial charge on any atom is -0.461 e. The maximum atomic E-state index is 13.1. The fraction of sp³-hybridized carbons (Fsp3) is 0.818. The number of ketones is 1. The van der Waals surface area contributed by atoms with E-state index in [0.717, 1.165) is 19.3 Å². The second-order valence-corrected chi connectivity index (χ2v) is 9.97. The summed E-state index contributed by atoms with van der Waals surface area (Å²) >= 11 is 5.74. The molecule has 3 aliphatic rings. The number of halogens is 1. The molecule has 0 saturated heterocycles. The summed E-state index contributed by atoms with van der Waals surface area (Å²) in [6, 6.07) is 0. The Hall–Kier alpha value is -0.870. The number of esters is 1. The van der Waals surface area contributed by atoms with Crippen LogP contribution in [0, 0.1) is 34.0 Å². The molecule has 5 heteroatoms. The number of aliphatic hydroxyl groups excluding tert-OH is 1. The summed E-state index contributed by atoms with van der Waals surface area (Å²) in [5.74, 6) is -0.394. The fourth-order valence-electron chi connectivity index (χ4n) is 6.69. The molecule has 0 radical (unpaired) electrons. The fourth-order valence-corrected chi connectivity index (χ4v) is 6.75. The Labute approximate surface area is 167 Å². The third-order valence-corrected chi connectivity index (χ3v) is 8.90. The molecule has 3 rings (SSSR count). The Balaban J connectivity index is 2.21. The zero-order valence-electron chi connectivity index (χ0n) is 17.0. The van der Waals surface area contributed by atoms with Crippen LogP contribution in [0.4, 0.5) is 0 Å². The van der Waals surface area contributed by atoms with Gasteiger partial charge < -0.3 is 9.84 Å². The molecular formula is C22H33ClO4.